The van der Waals surface area contributed by atoms with E-state index in [0.717, 1.165) is 16.2 Å². The van der Waals surface area contributed by atoms with Gasteiger partial charge in [-0.05, 0) is 22.9 Å². The Labute approximate surface area is 97.6 Å². The molecule has 3 heteroatoms. The predicted molar refractivity (Wildman–Crippen MR) is 65.1 cm³/mol. The van der Waals surface area contributed by atoms with E-state index in [1.165, 1.54) is 7.11 Å². The highest BCUT2D eigenvalue weighted by Gasteiger charge is 2.15. The van der Waals surface area contributed by atoms with E-state index in [-0.39, 0.29) is 5.97 Å². The number of carbonyl (C=O) groups excluding carboxylic acids is 1. The van der Waals surface area contributed by atoms with E-state index in [2.05, 4.69) is 0 Å². The third kappa shape index (κ3) is 1.40. The van der Waals surface area contributed by atoms with Crippen LogP contribution in [0.15, 0.2) is 47.1 Å². The van der Waals surface area contributed by atoms with Crippen molar-refractivity contribution >= 4 is 27.7 Å². The first kappa shape index (κ1) is 9.90. The van der Waals surface area contributed by atoms with Gasteiger partial charge in [0.1, 0.15) is 11.1 Å². The Morgan fingerprint density at radius 2 is 2.00 bits per heavy atom. The van der Waals surface area contributed by atoms with Crippen molar-refractivity contribution in [1.82, 2.24) is 0 Å². The summed E-state index contributed by atoms with van der Waals surface area (Å²) in [6, 6.07) is 11.5. The number of fused-ring (bicyclic) bond motifs is 3. The number of furan rings is 1. The van der Waals surface area contributed by atoms with Crippen molar-refractivity contribution in [2.24, 2.45) is 0 Å². The number of carbonyl (C=O) groups is 1. The highest BCUT2D eigenvalue weighted by atomic mass is 16.5. The fraction of sp³-hybridized carbons (Fsp3) is 0.0714. The second-order valence-electron chi connectivity index (χ2n) is 3.80. The molecule has 0 aliphatic carbocycles. The second kappa shape index (κ2) is 3.63. The number of rotatable bonds is 1. The van der Waals surface area contributed by atoms with Crippen LogP contribution in [0.5, 0.6) is 0 Å². The molecular formula is C14H10O3. The lowest BCUT2D eigenvalue weighted by Crippen LogP contribution is -2.01. The van der Waals surface area contributed by atoms with Crippen molar-refractivity contribution in [2.75, 3.05) is 7.11 Å². The number of benzene rings is 2. The van der Waals surface area contributed by atoms with Crippen molar-refractivity contribution in [2.45, 2.75) is 0 Å². The van der Waals surface area contributed by atoms with E-state index in [1.54, 1.807) is 12.3 Å². The summed E-state index contributed by atoms with van der Waals surface area (Å²) < 4.78 is 10.1. The molecule has 0 radical (unpaired) electrons. The highest BCUT2D eigenvalue weighted by molar-refractivity contribution is 6.14. The summed E-state index contributed by atoms with van der Waals surface area (Å²) in [6.45, 7) is 0. The van der Waals surface area contributed by atoms with Gasteiger partial charge in [-0.2, -0.15) is 0 Å². The van der Waals surface area contributed by atoms with Crippen molar-refractivity contribution in [3.05, 3.63) is 48.2 Å². The summed E-state index contributed by atoms with van der Waals surface area (Å²) >= 11 is 0. The third-order valence-corrected chi connectivity index (χ3v) is 2.87. The maximum Gasteiger partial charge on any atom is 0.341 e. The standard InChI is InChI=1S/C14H10O3/c1-16-14(15)12-8-9-4-2-3-5-10(9)11-6-7-17-13(11)12/h2-8H,1H3. The van der Waals surface area contributed by atoms with Gasteiger partial charge in [0.2, 0.25) is 0 Å². The molecule has 1 aromatic heterocycles. The second-order valence-corrected chi connectivity index (χ2v) is 3.80. The molecule has 0 saturated heterocycles. The SMILES string of the molecule is COC(=O)c1cc2ccccc2c2ccoc12. The van der Waals surface area contributed by atoms with Crippen LogP contribution in [0.25, 0.3) is 21.7 Å². The first-order chi connectivity index (χ1) is 8.31. The van der Waals surface area contributed by atoms with Crippen molar-refractivity contribution in [1.29, 1.82) is 0 Å². The van der Waals surface area contributed by atoms with Crippen LogP contribution in [0.4, 0.5) is 0 Å². The fourth-order valence-electron chi connectivity index (χ4n) is 2.08. The average Bonchev–Trinajstić information content (AvgIpc) is 2.86. The van der Waals surface area contributed by atoms with Gasteiger partial charge in [-0.1, -0.05) is 24.3 Å². The van der Waals surface area contributed by atoms with E-state index < -0.39 is 0 Å². The minimum atomic E-state index is -0.379. The van der Waals surface area contributed by atoms with Gasteiger partial charge >= 0.3 is 5.97 Å². The molecule has 0 saturated carbocycles. The third-order valence-electron chi connectivity index (χ3n) is 2.87. The van der Waals surface area contributed by atoms with Crippen LogP contribution in [-0.4, -0.2) is 13.1 Å². The Hall–Kier alpha value is -2.29. The lowest BCUT2D eigenvalue weighted by atomic mass is 10.0. The lowest BCUT2D eigenvalue weighted by Gasteiger charge is -2.04. The zero-order valence-electron chi connectivity index (χ0n) is 9.27. The van der Waals surface area contributed by atoms with Gasteiger partial charge < -0.3 is 9.15 Å². The molecule has 0 bridgehead atoms. The average molecular weight is 226 g/mol. The predicted octanol–water partition coefficient (Wildman–Crippen LogP) is 3.37. The molecular weight excluding hydrogens is 216 g/mol. The summed E-state index contributed by atoms with van der Waals surface area (Å²) in [5.74, 6) is -0.379. The van der Waals surface area contributed by atoms with Crippen molar-refractivity contribution in [3.63, 3.8) is 0 Å². The number of methoxy groups -OCH3 is 1. The maximum absolute atomic E-state index is 11.7. The molecule has 17 heavy (non-hydrogen) atoms. The summed E-state index contributed by atoms with van der Waals surface area (Å²) in [6.07, 6.45) is 1.59. The van der Waals surface area contributed by atoms with Crippen LogP contribution in [0, 0.1) is 0 Å². The van der Waals surface area contributed by atoms with Crippen LogP contribution in [0.3, 0.4) is 0 Å². The molecule has 1 heterocycles. The first-order valence-corrected chi connectivity index (χ1v) is 5.28. The monoisotopic (exact) mass is 226 g/mol. The van der Waals surface area contributed by atoms with Gasteiger partial charge in [0, 0.05) is 5.39 Å². The van der Waals surface area contributed by atoms with Crippen molar-refractivity contribution in [3.8, 4) is 0 Å². The summed E-state index contributed by atoms with van der Waals surface area (Å²) in [5.41, 5.74) is 1.04. The molecule has 0 aliphatic heterocycles. The van der Waals surface area contributed by atoms with Crippen LogP contribution >= 0.6 is 0 Å². The van der Waals surface area contributed by atoms with E-state index in [1.807, 2.05) is 30.3 Å². The van der Waals surface area contributed by atoms with E-state index in [0.29, 0.717) is 11.1 Å². The normalized spacial score (nSPS) is 10.9. The molecule has 2 aromatic carbocycles. The van der Waals surface area contributed by atoms with Crippen LogP contribution < -0.4 is 0 Å². The molecule has 0 aliphatic rings. The number of esters is 1. The minimum Gasteiger partial charge on any atom is -0.465 e. The smallest absolute Gasteiger partial charge is 0.341 e. The number of ether oxygens (including phenoxy) is 1. The van der Waals surface area contributed by atoms with Crippen LogP contribution in [0.2, 0.25) is 0 Å². The summed E-state index contributed by atoms with van der Waals surface area (Å²) in [5, 5.41) is 3.01. The Morgan fingerprint density at radius 1 is 1.18 bits per heavy atom. The van der Waals surface area contributed by atoms with Gasteiger partial charge in [0.25, 0.3) is 0 Å². The van der Waals surface area contributed by atoms with Gasteiger partial charge in [-0.15, -0.1) is 0 Å². The van der Waals surface area contributed by atoms with Crippen LogP contribution in [0.1, 0.15) is 10.4 Å². The summed E-state index contributed by atoms with van der Waals surface area (Å²) in [4.78, 5) is 11.7. The fourth-order valence-corrected chi connectivity index (χ4v) is 2.08. The minimum absolute atomic E-state index is 0.379. The molecule has 0 amide bonds. The molecule has 0 unspecified atom stereocenters. The molecule has 3 nitrogen and oxygen atoms in total. The molecule has 0 atom stereocenters. The van der Waals surface area contributed by atoms with Gasteiger partial charge in [-0.3, -0.25) is 0 Å². The zero-order chi connectivity index (χ0) is 11.8. The largest absolute Gasteiger partial charge is 0.465 e. The topological polar surface area (TPSA) is 39.4 Å². The Bertz CT molecular complexity index is 710. The Morgan fingerprint density at radius 3 is 2.82 bits per heavy atom. The van der Waals surface area contributed by atoms with Gasteiger partial charge in [0.05, 0.1) is 13.4 Å². The molecule has 0 spiro atoms. The van der Waals surface area contributed by atoms with E-state index >= 15 is 0 Å². The molecule has 0 fully saturated rings. The zero-order valence-corrected chi connectivity index (χ0v) is 9.27. The molecule has 84 valence electrons. The molecule has 3 rings (SSSR count). The lowest BCUT2D eigenvalue weighted by molar-refractivity contribution is 0.0602. The van der Waals surface area contributed by atoms with Crippen LogP contribution in [-0.2, 0) is 4.74 Å². The number of hydrogen-bond donors (Lipinski definition) is 0. The van der Waals surface area contributed by atoms with Gasteiger partial charge in [-0.25, -0.2) is 4.79 Å². The van der Waals surface area contributed by atoms with E-state index in [9.17, 15) is 4.79 Å². The maximum atomic E-state index is 11.7. The summed E-state index contributed by atoms with van der Waals surface area (Å²) in [7, 11) is 1.37. The Kier molecular flexibility index (Phi) is 2.11. The van der Waals surface area contributed by atoms with Gasteiger partial charge in [0.15, 0.2) is 0 Å². The van der Waals surface area contributed by atoms with Crippen molar-refractivity contribution < 1.29 is 13.9 Å². The first-order valence-electron chi connectivity index (χ1n) is 5.28. The quantitative estimate of drug-likeness (QED) is 0.597. The molecule has 3 aromatic rings. The highest BCUT2D eigenvalue weighted by Crippen LogP contribution is 2.29. The molecule has 0 N–H and O–H groups in total. The van der Waals surface area contributed by atoms with E-state index in [4.69, 9.17) is 9.15 Å². The Balaban J connectivity index is 2.48. The number of hydrogen-bond acceptors (Lipinski definition) is 3.